The molecule has 2 bridgehead atoms. The van der Waals surface area contributed by atoms with Crippen molar-refractivity contribution in [2.75, 3.05) is 33.3 Å². The summed E-state index contributed by atoms with van der Waals surface area (Å²) in [7, 11) is 1.76. The number of aliphatic hydroxyl groups is 1. The number of nitrogens with zero attached hydrogens (tertiary/aromatic N) is 3. The molecule has 3 unspecified atom stereocenters. The standard InChI is InChI=1S/C27H43N3O4S/c1-8-13-28(7)23(32)20-19-17-18(3)27(35-19)21(20)24(33)29(15-11-10-12-16-31)22(27)25(34)30(14-9-2)26(4,5)6/h8-9,18-22,31H,1-2,10-17H2,3-7H3/t18?,19-,20+,21+,22?,27?/m1/s1. The Morgan fingerprint density at radius 2 is 1.83 bits per heavy atom. The first-order valence-electron chi connectivity index (χ1n) is 12.8. The molecule has 0 aromatic carbocycles. The Morgan fingerprint density at radius 3 is 2.40 bits per heavy atom. The van der Waals surface area contributed by atoms with E-state index in [-0.39, 0.29) is 35.5 Å². The molecule has 3 aliphatic heterocycles. The van der Waals surface area contributed by atoms with Crippen molar-refractivity contribution in [1.29, 1.82) is 0 Å². The zero-order chi connectivity index (χ0) is 26.1. The fourth-order valence-electron chi connectivity index (χ4n) is 6.40. The van der Waals surface area contributed by atoms with Crippen LogP contribution in [0.4, 0.5) is 0 Å². The van der Waals surface area contributed by atoms with Crippen LogP contribution in [0.2, 0.25) is 0 Å². The first kappa shape index (κ1) is 27.8. The first-order chi connectivity index (χ1) is 16.5. The first-order valence-corrected chi connectivity index (χ1v) is 13.7. The molecular formula is C27H43N3O4S. The van der Waals surface area contributed by atoms with Crippen molar-refractivity contribution in [3.63, 3.8) is 0 Å². The third kappa shape index (κ3) is 4.68. The Hall–Kier alpha value is -1.80. The summed E-state index contributed by atoms with van der Waals surface area (Å²) in [4.78, 5) is 47.3. The normalized spacial score (nSPS) is 31.4. The van der Waals surface area contributed by atoms with Gasteiger partial charge in [-0.3, -0.25) is 14.4 Å². The van der Waals surface area contributed by atoms with Crippen molar-refractivity contribution >= 4 is 29.5 Å². The van der Waals surface area contributed by atoms with Gasteiger partial charge in [-0.25, -0.2) is 0 Å². The number of likely N-dealkylation sites (N-methyl/N-ethyl adjacent to an activating group) is 1. The van der Waals surface area contributed by atoms with Crippen LogP contribution in [-0.2, 0) is 14.4 Å². The highest BCUT2D eigenvalue weighted by atomic mass is 32.2. The highest BCUT2D eigenvalue weighted by Crippen LogP contribution is 2.69. The smallest absolute Gasteiger partial charge is 0.247 e. The molecule has 6 atom stereocenters. The minimum Gasteiger partial charge on any atom is -0.396 e. The van der Waals surface area contributed by atoms with E-state index < -0.39 is 28.2 Å². The summed E-state index contributed by atoms with van der Waals surface area (Å²) in [6.45, 7) is 17.2. The van der Waals surface area contributed by atoms with Crippen LogP contribution < -0.4 is 0 Å². The summed E-state index contributed by atoms with van der Waals surface area (Å²) >= 11 is 1.71. The number of aliphatic hydroxyl groups excluding tert-OH is 1. The molecule has 0 radical (unpaired) electrons. The zero-order valence-corrected chi connectivity index (χ0v) is 22.9. The van der Waals surface area contributed by atoms with E-state index in [1.165, 1.54) is 0 Å². The van der Waals surface area contributed by atoms with Gasteiger partial charge in [0, 0.05) is 44.1 Å². The molecule has 1 N–H and O–H groups in total. The summed E-state index contributed by atoms with van der Waals surface area (Å²) in [6, 6.07) is -0.610. The van der Waals surface area contributed by atoms with Crippen molar-refractivity contribution in [2.45, 2.75) is 75.0 Å². The molecule has 3 fully saturated rings. The second-order valence-electron chi connectivity index (χ2n) is 11.3. The van der Waals surface area contributed by atoms with E-state index in [0.717, 1.165) is 12.8 Å². The van der Waals surface area contributed by atoms with Crippen LogP contribution in [0.15, 0.2) is 25.3 Å². The summed E-state index contributed by atoms with van der Waals surface area (Å²) in [6.07, 6.45) is 6.42. The number of rotatable bonds is 11. The highest BCUT2D eigenvalue weighted by molar-refractivity contribution is 8.02. The molecule has 0 saturated carbocycles. The topological polar surface area (TPSA) is 81.2 Å². The number of unbranched alkanes of at least 4 members (excludes halogenated alkanes) is 2. The van der Waals surface area contributed by atoms with Crippen LogP contribution in [-0.4, -0.2) is 92.4 Å². The number of amides is 3. The number of hydrogen-bond acceptors (Lipinski definition) is 5. The predicted molar refractivity (Wildman–Crippen MR) is 141 cm³/mol. The Bertz CT molecular complexity index is 856. The van der Waals surface area contributed by atoms with Gasteiger partial charge in [-0.1, -0.05) is 19.1 Å². The monoisotopic (exact) mass is 505 g/mol. The van der Waals surface area contributed by atoms with Crippen LogP contribution in [0.1, 0.15) is 53.4 Å². The molecule has 196 valence electrons. The highest BCUT2D eigenvalue weighted by Gasteiger charge is 2.76. The lowest BCUT2D eigenvalue weighted by molar-refractivity contribution is -0.146. The van der Waals surface area contributed by atoms with E-state index in [1.54, 1.807) is 40.8 Å². The maximum absolute atomic E-state index is 14.3. The molecule has 3 heterocycles. The van der Waals surface area contributed by atoms with Crippen molar-refractivity contribution < 1.29 is 19.5 Å². The SMILES string of the molecule is C=CCN(C)C(=O)[C@@H]1[C@H]2C(=O)N(CCCCCO)C(C(=O)N(CC=C)C(C)(C)C)C23S[C@@H]1CC3C. The molecule has 1 spiro atoms. The molecule has 0 aromatic rings. The third-order valence-electron chi connectivity index (χ3n) is 7.99. The maximum Gasteiger partial charge on any atom is 0.247 e. The van der Waals surface area contributed by atoms with E-state index in [1.807, 2.05) is 25.7 Å². The van der Waals surface area contributed by atoms with Gasteiger partial charge < -0.3 is 19.8 Å². The van der Waals surface area contributed by atoms with E-state index in [9.17, 15) is 19.5 Å². The van der Waals surface area contributed by atoms with Crippen LogP contribution in [0.3, 0.4) is 0 Å². The van der Waals surface area contributed by atoms with E-state index >= 15 is 0 Å². The number of thioether (sulfide) groups is 1. The fourth-order valence-corrected chi connectivity index (χ4v) is 8.81. The Labute approximate surface area is 215 Å². The van der Waals surface area contributed by atoms with Crippen LogP contribution in [0.5, 0.6) is 0 Å². The molecular weight excluding hydrogens is 462 g/mol. The average molecular weight is 506 g/mol. The Kier molecular flexibility index (Phi) is 8.47. The molecule has 8 heteroatoms. The van der Waals surface area contributed by atoms with Crippen molar-refractivity contribution in [1.82, 2.24) is 14.7 Å². The number of fused-ring (bicyclic) bond motifs is 1. The molecule has 35 heavy (non-hydrogen) atoms. The molecule has 3 saturated heterocycles. The predicted octanol–water partition coefficient (Wildman–Crippen LogP) is 2.94. The zero-order valence-electron chi connectivity index (χ0n) is 22.0. The van der Waals surface area contributed by atoms with Gasteiger partial charge in [0.15, 0.2) is 0 Å². The Morgan fingerprint density at radius 1 is 1.17 bits per heavy atom. The third-order valence-corrected chi connectivity index (χ3v) is 10.1. The molecule has 3 amide bonds. The summed E-state index contributed by atoms with van der Waals surface area (Å²) in [5.41, 5.74) is -0.435. The maximum atomic E-state index is 14.3. The Balaban J connectivity index is 2.06. The van der Waals surface area contributed by atoms with E-state index in [0.29, 0.717) is 32.5 Å². The average Bonchev–Trinajstić information content (AvgIpc) is 3.37. The molecule has 0 aliphatic carbocycles. The molecule has 0 aromatic heterocycles. The number of carbonyl (C=O) groups is 3. The van der Waals surface area contributed by atoms with E-state index in [4.69, 9.17) is 0 Å². The van der Waals surface area contributed by atoms with Crippen LogP contribution in [0.25, 0.3) is 0 Å². The summed E-state index contributed by atoms with van der Waals surface area (Å²) in [5.74, 6) is -0.925. The quantitative estimate of drug-likeness (QED) is 0.345. The largest absolute Gasteiger partial charge is 0.396 e. The summed E-state index contributed by atoms with van der Waals surface area (Å²) < 4.78 is -0.615. The lowest BCUT2D eigenvalue weighted by atomic mass is 9.65. The lowest BCUT2D eigenvalue weighted by Gasteiger charge is -2.44. The summed E-state index contributed by atoms with van der Waals surface area (Å²) in [5, 5.41) is 9.25. The van der Waals surface area contributed by atoms with Gasteiger partial charge >= 0.3 is 0 Å². The minimum absolute atomic E-state index is 0.0263. The van der Waals surface area contributed by atoms with E-state index in [2.05, 4.69) is 20.1 Å². The van der Waals surface area contributed by atoms with Gasteiger partial charge in [-0.15, -0.1) is 24.9 Å². The number of likely N-dealkylation sites (tertiary alicyclic amines) is 1. The van der Waals surface area contributed by atoms with Gasteiger partial charge in [0.25, 0.3) is 0 Å². The van der Waals surface area contributed by atoms with Crippen LogP contribution in [0, 0.1) is 17.8 Å². The van der Waals surface area contributed by atoms with Gasteiger partial charge in [0.2, 0.25) is 17.7 Å². The van der Waals surface area contributed by atoms with Gasteiger partial charge in [0.1, 0.15) is 6.04 Å². The van der Waals surface area contributed by atoms with Gasteiger partial charge in [-0.2, -0.15) is 0 Å². The van der Waals surface area contributed by atoms with Crippen molar-refractivity contribution in [2.24, 2.45) is 17.8 Å². The lowest BCUT2D eigenvalue weighted by Crippen LogP contribution is -2.60. The number of carbonyl (C=O) groups excluding carboxylic acids is 3. The second-order valence-corrected chi connectivity index (χ2v) is 12.8. The van der Waals surface area contributed by atoms with Crippen LogP contribution >= 0.6 is 11.8 Å². The van der Waals surface area contributed by atoms with Gasteiger partial charge in [-0.05, 0) is 52.4 Å². The fraction of sp³-hybridized carbons (Fsp3) is 0.741. The van der Waals surface area contributed by atoms with Crippen molar-refractivity contribution in [3.05, 3.63) is 25.3 Å². The molecule has 3 rings (SSSR count). The second kappa shape index (κ2) is 10.7. The molecule has 7 nitrogen and oxygen atoms in total. The van der Waals surface area contributed by atoms with Crippen molar-refractivity contribution in [3.8, 4) is 0 Å². The number of hydrogen-bond donors (Lipinski definition) is 1. The molecule has 3 aliphatic rings. The van der Waals surface area contributed by atoms with Gasteiger partial charge in [0.05, 0.1) is 16.6 Å². The minimum atomic E-state index is -0.615.